The summed E-state index contributed by atoms with van der Waals surface area (Å²) >= 11 is 3.29. The summed E-state index contributed by atoms with van der Waals surface area (Å²) in [6.45, 7) is 3.17. The molecule has 17 heavy (non-hydrogen) atoms. The van der Waals surface area contributed by atoms with E-state index < -0.39 is 0 Å². The lowest BCUT2D eigenvalue weighted by molar-refractivity contribution is 0.484. The largest absolute Gasteiger partial charge is 0.314 e. The normalized spacial score (nSPS) is 24.2. The van der Waals surface area contributed by atoms with Crippen molar-refractivity contribution in [2.24, 2.45) is 5.92 Å². The molecule has 0 spiro atoms. The van der Waals surface area contributed by atoms with Gasteiger partial charge in [0.1, 0.15) is 5.82 Å². The van der Waals surface area contributed by atoms with E-state index in [4.69, 9.17) is 0 Å². The van der Waals surface area contributed by atoms with E-state index in [9.17, 15) is 4.39 Å². The molecule has 0 bridgehead atoms. The first-order valence-electron chi connectivity index (χ1n) is 6.36. The molecule has 1 saturated carbocycles. The van der Waals surface area contributed by atoms with E-state index >= 15 is 0 Å². The van der Waals surface area contributed by atoms with Crippen LogP contribution in [-0.4, -0.2) is 12.6 Å². The Bertz CT molecular complexity index is 380. The number of nitrogens with one attached hydrogen (secondary N) is 1. The molecule has 1 aliphatic carbocycles. The smallest absolute Gasteiger partial charge is 0.127 e. The molecular weight excluding hydrogens is 281 g/mol. The molecule has 3 heteroatoms. The lowest BCUT2D eigenvalue weighted by atomic mass is 9.97. The van der Waals surface area contributed by atoms with Crippen molar-refractivity contribution in [3.63, 3.8) is 0 Å². The highest BCUT2D eigenvalue weighted by Gasteiger charge is 2.24. The number of hydrogen-bond donors (Lipinski definition) is 1. The summed E-state index contributed by atoms with van der Waals surface area (Å²) in [7, 11) is 0. The van der Waals surface area contributed by atoms with Crippen molar-refractivity contribution in [3.05, 3.63) is 34.1 Å². The molecule has 1 aliphatic rings. The highest BCUT2D eigenvalue weighted by atomic mass is 79.9. The number of benzene rings is 1. The Morgan fingerprint density at radius 3 is 2.94 bits per heavy atom. The quantitative estimate of drug-likeness (QED) is 0.889. The average molecular weight is 300 g/mol. The van der Waals surface area contributed by atoms with Gasteiger partial charge in [-0.15, -0.1) is 0 Å². The Labute approximate surface area is 111 Å². The van der Waals surface area contributed by atoms with E-state index in [1.165, 1.54) is 19.3 Å². The first-order valence-corrected chi connectivity index (χ1v) is 7.15. The minimum Gasteiger partial charge on any atom is -0.314 e. The average Bonchev–Trinajstić information content (AvgIpc) is 2.71. The Morgan fingerprint density at radius 2 is 2.24 bits per heavy atom. The van der Waals surface area contributed by atoms with E-state index in [1.54, 1.807) is 6.07 Å². The first kappa shape index (κ1) is 13.0. The van der Waals surface area contributed by atoms with Crippen molar-refractivity contribution in [1.29, 1.82) is 0 Å². The molecule has 2 rings (SSSR count). The second-order valence-electron chi connectivity index (χ2n) is 4.87. The molecule has 1 aromatic rings. The van der Waals surface area contributed by atoms with Crippen molar-refractivity contribution >= 4 is 15.9 Å². The predicted molar refractivity (Wildman–Crippen MR) is 72.6 cm³/mol. The van der Waals surface area contributed by atoms with Crippen molar-refractivity contribution in [2.75, 3.05) is 6.54 Å². The lowest BCUT2D eigenvalue weighted by Crippen LogP contribution is -2.25. The standard InChI is InChI=1S/C14H19BrFN/c1-2-17-13-6-3-10(8-13)7-11-4-5-12(15)9-14(11)16/h4-5,9-10,13,17H,2-3,6-8H2,1H3. The zero-order chi connectivity index (χ0) is 12.3. The second-order valence-corrected chi connectivity index (χ2v) is 5.79. The third-order valence-electron chi connectivity index (χ3n) is 3.56. The van der Waals surface area contributed by atoms with Gasteiger partial charge in [0.25, 0.3) is 0 Å². The van der Waals surface area contributed by atoms with E-state index in [0.717, 1.165) is 23.0 Å². The van der Waals surface area contributed by atoms with Crippen LogP contribution >= 0.6 is 15.9 Å². The van der Waals surface area contributed by atoms with Crippen LogP contribution in [0.3, 0.4) is 0 Å². The van der Waals surface area contributed by atoms with Crippen LogP contribution in [0.15, 0.2) is 22.7 Å². The van der Waals surface area contributed by atoms with Crippen LogP contribution in [0, 0.1) is 11.7 Å². The van der Waals surface area contributed by atoms with E-state index in [1.807, 2.05) is 12.1 Å². The van der Waals surface area contributed by atoms with Gasteiger partial charge in [0.2, 0.25) is 0 Å². The van der Waals surface area contributed by atoms with Crippen LogP contribution in [0.5, 0.6) is 0 Å². The number of hydrogen-bond acceptors (Lipinski definition) is 1. The molecule has 0 saturated heterocycles. The molecule has 0 amide bonds. The Kier molecular flexibility index (Phi) is 4.57. The molecule has 2 atom stereocenters. The fraction of sp³-hybridized carbons (Fsp3) is 0.571. The molecule has 0 heterocycles. The van der Waals surface area contributed by atoms with Crippen LogP contribution in [0.25, 0.3) is 0 Å². The maximum absolute atomic E-state index is 13.7. The highest BCUT2D eigenvalue weighted by molar-refractivity contribution is 9.10. The van der Waals surface area contributed by atoms with Crippen LogP contribution in [-0.2, 0) is 6.42 Å². The van der Waals surface area contributed by atoms with Gasteiger partial charge in [0, 0.05) is 10.5 Å². The Morgan fingerprint density at radius 1 is 1.41 bits per heavy atom. The Balaban J connectivity index is 1.93. The fourth-order valence-corrected chi connectivity index (χ4v) is 3.07. The highest BCUT2D eigenvalue weighted by Crippen LogP contribution is 2.29. The summed E-state index contributed by atoms with van der Waals surface area (Å²) in [6.07, 6.45) is 4.51. The van der Waals surface area contributed by atoms with Gasteiger partial charge >= 0.3 is 0 Å². The molecule has 0 radical (unpaired) electrons. The third-order valence-corrected chi connectivity index (χ3v) is 4.05. The predicted octanol–water partition coefficient (Wildman–Crippen LogP) is 3.91. The maximum Gasteiger partial charge on any atom is 0.127 e. The molecular formula is C14H19BrFN. The summed E-state index contributed by atoms with van der Waals surface area (Å²) in [5.41, 5.74) is 0.857. The maximum atomic E-state index is 13.7. The first-order chi connectivity index (χ1) is 8.19. The zero-order valence-electron chi connectivity index (χ0n) is 10.2. The van der Waals surface area contributed by atoms with Crippen molar-refractivity contribution in [3.8, 4) is 0 Å². The van der Waals surface area contributed by atoms with Gasteiger partial charge in [-0.1, -0.05) is 28.9 Å². The van der Waals surface area contributed by atoms with Crippen molar-refractivity contribution in [2.45, 2.75) is 38.6 Å². The SMILES string of the molecule is CCNC1CCC(Cc2ccc(Br)cc2F)C1. The van der Waals surface area contributed by atoms with Crippen molar-refractivity contribution < 1.29 is 4.39 Å². The van der Waals surface area contributed by atoms with Crippen LogP contribution in [0.1, 0.15) is 31.7 Å². The zero-order valence-corrected chi connectivity index (χ0v) is 11.8. The van der Waals surface area contributed by atoms with Crippen molar-refractivity contribution in [1.82, 2.24) is 5.32 Å². The molecule has 1 nitrogen and oxygen atoms in total. The molecule has 1 N–H and O–H groups in total. The third kappa shape index (κ3) is 3.52. The summed E-state index contributed by atoms with van der Waals surface area (Å²) in [4.78, 5) is 0. The summed E-state index contributed by atoms with van der Waals surface area (Å²) in [6, 6.07) is 6.03. The van der Waals surface area contributed by atoms with Gasteiger partial charge in [0.05, 0.1) is 0 Å². The van der Waals surface area contributed by atoms with Crippen LogP contribution in [0.2, 0.25) is 0 Å². The fourth-order valence-electron chi connectivity index (χ4n) is 2.73. The summed E-state index contributed by atoms with van der Waals surface area (Å²) in [5.74, 6) is 0.556. The number of rotatable bonds is 4. The number of halogens is 2. The topological polar surface area (TPSA) is 12.0 Å². The molecule has 1 fully saturated rings. The molecule has 1 aromatic carbocycles. The second kappa shape index (κ2) is 5.96. The summed E-state index contributed by atoms with van der Waals surface area (Å²) in [5, 5.41) is 3.48. The monoisotopic (exact) mass is 299 g/mol. The van der Waals surface area contributed by atoms with E-state index in [0.29, 0.717) is 12.0 Å². The van der Waals surface area contributed by atoms with Gasteiger partial charge in [0.15, 0.2) is 0 Å². The van der Waals surface area contributed by atoms with Gasteiger partial charge in [-0.25, -0.2) is 4.39 Å². The molecule has 94 valence electrons. The molecule has 2 unspecified atom stereocenters. The van der Waals surface area contributed by atoms with Gasteiger partial charge in [-0.2, -0.15) is 0 Å². The van der Waals surface area contributed by atoms with E-state index in [-0.39, 0.29) is 5.82 Å². The van der Waals surface area contributed by atoms with Gasteiger partial charge in [-0.05, 0) is 55.8 Å². The Hall–Kier alpha value is -0.410. The summed E-state index contributed by atoms with van der Waals surface area (Å²) < 4.78 is 14.5. The van der Waals surface area contributed by atoms with Gasteiger partial charge < -0.3 is 5.32 Å². The minimum atomic E-state index is -0.0775. The minimum absolute atomic E-state index is 0.0775. The molecule has 0 aromatic heterocycles. The van der Waals surface area contributed by atoms with Crippen LogP contribution in [0.4, 0.5) is 4.39 Å². The lowest BCUT2D eigenvalue weighted by Gasteiger charge is -2.12. The van der Waals surface area contributed by atoms with E-state index in [2.05, 4.69) is 28.2 Å². The molecule has 0 aliphatic heterocycles. The van der Waals surface area contributed by atoms with Crippen LogP contribution < -0.4 is 5.32 Å². The van der Waals surface area contributed by atoms with Gasteiger partial charge in [-0.3, -0.25) is 0 Å².